The molecule has 148 valence electrons. The zero-order chi connectivity index (χ0) is 18.5. The second-order valence-electron chi connectivity index (χ2n) is 10.3. The molecule has 4 aliphatic rings. The van der Waals surface area contributed by atoms with E-state index in [0.29, 0.717) is 23.9 Å². The fourth-order valence-corrected chi connectivity index (χ4v) is 8.14. The molecule has 4 heteroatoms. The van der Waals surface area contributed by atoms with E-state index in [-0.39, 0.29) is 0 Å². The molecule has 0 spiro atoms. The van der Waals surface area contributed by atoms with Crippen molar-refractivity contribution in [2.45, 2.75) is 77.2 Å². The number of hydrazone groups is 1. The summed E-state index contributed by atoms with van der Waals surface area (Å²) in [5.74, 6) is 10.4. The van der Waals surface area contributed by atoms with E-state index in [4.69, 9.17) is 10.6 Å². The van der Waals surface area contributed by atoms with Gasteiger partial charge in [-0.15, -0.1) is 0 Å². The molecule has 4 rings (SSSR count). The minimum atomic E-state index is -0.570. The van der Waals surface area contributed by atoms with Crippen LogP contribution in [0.1, 0.15) is 71.6 Å². The first-order valence-electron chi connectivity index (χ1n) is 10.9. The Hall–Kier alpha value is -0.610. The van der Waals surface area contributed by atoms with E-state index in [1.54, 1.807) is 7.11 Å². The highest BCUT2D eigenvalue weighted by Crippen LogP contribution is 2.64. The summed E-state index contributed by atoms with van der Waals surface area (Å²) in [6.45, 7) is 5.17. The molecule has 3 N–H and O–H groups in total. The van der Waals surface area contributed by atoms with Crippen molar-refractivity contribution in [2.24, 2.45) is 51.9 Å². The Morgan fingerprint density at radius 1 is 1.08 bits per heavy atom. The molecule has 4 fully saturated rings. The van der Waals surface area contributed by atoms with Crippen LogP contribution in [-0.4, -0.2) is 30.1 Å². The van der Waals surface area contributed by atoms with Crippen molar-refractivity contribution in [3.05, 3.63) is 0 Å². The molecule has 0 aromatic rings. The summed E-state index contributed by atoms with van der Waals surface area (Å²) in [6, 6.07) is 0. The highest BCUT2D eigenvalue weighted by Gasteiger charge is 2.58. The number of nitrogens with zero attached hydrogens (tertiary/aromatic N) is 1. The molecule has 0 amide bonds. The van der Waals surface area contributed by atoms with Crippen molar-refractivity contribution in [2.75, 3.05) is 13.7 Å². The summed E-state index contributed by atoms with van der Waals surface area (Å²) in [5, 5.41) is 15.0. The van der Waals surface area contributed by atoms with Crippen LogP contribution in [0.25, 0.3) is 0 Å². The first-order valence-corrected chi connectivity index (χ1v) is 10.9. The molecule has 0 aliphatic heterocycles. The smallest absolute Gasteiger partial charge is 0.0882 e. The highest BCUT2D eigenvalue weighted by molar-refractivity contribution is 5.85. The van der Waals surface area contributed by atoms with Gasteiger partial charge in [0.15, 0.2) is 0 Å². The Balaban J connectivity index is 1.51. The van der Waals surface area contributed by atoms with Crippen LogP contribution >= 0.6 is 0 Å². The number of hydrogen-bond acceptors (Lipinski definition) is 4. The lowest BCUT2D eigenvalue weighted by molar-refractivity contribution is -0.122. The average molecular weight is 363 g/mol. The number of fused-ring (bicyclic) bond motifs is 5. The van der Waals surface area contributed by atoms with Crippen LogP contribution in [0.3, 0.4) is 0 Å². The Morgan fingerprint density at radius 3 is 2.58 bits per heavy atom. The summed E-state index contributed by atoms with van der Waals surface area (Å²) < 4.78 is 5.31. The van der Waals surface area contributed by atoms with Gasteiger partial charge in [0.05, 0.1) is 12.2 Å². The SMILES string of the molecule is COC[C@@]1(O)CC[C@H]2[C@H](CC[C@@H]3[C@@H]2CC[C@]2(C)[C@@H](/C(C)=N/N)CC[C@@H]32)C1. The summed E-state index contributed by atoms with van der Waals surface area (Å²) in [5.41, 5.74) is 1.01. The van der Waals surface area contributed by atoms with Crippen LogP contribution in [0, 0.1) is 40.9 Å². The predicted octanol–water partition coefficient (Wildman–Crippen LogP) is 3.97. The quantitative estimate of drug-likeness (QED) is 0.453. The van der Waals surface area contributed by atoms with E-state index in [2.05, 4.69) is 18.9 Å². The topological polar surface area (TPSA) is 67.8 Å². The van der Waals surface area contributed by atoms with Crippen molar-refractivity contribution in [3.8, 4) is 0 Å². The van der Waals surface area contributed by atoms with Crippen molar-refractivity contribution in [3.63, 3.8) is 0 Å². The van der Waals surface area contributed by atoms with Crippen LogP contribution in [-0.2, 0) is 4.74 Å². The summed E-state index contributed by atoms with van der Waals surface area (Å²) >= 11 is 0. The Labute approximate surface area is 158 Å². The van der Waals surface area contributed by atoms with E-state index in [9.17, 15) is 5.11 Å². The van der Waals surface area contributed by atoms with E-state index < -0.39 is 5.60 Å². The van der Waals surface area contributed by atoms with Gasteiger partial charge in [-0.25, -0.2) is 0 Å². The number of rotatable bonds is 3. The normalized spacial score (nSPS) is 51.5. The third-order valence-electron chi connectivity index (χ3n) is 9.22. The lowest BCUT2D eigenvalue weighted by atomic mass is 9.49. The number of ether oxygens (including phenoxy) is 1. The van der Waals surface area contributed by atoms with Crippen LogP contribution in [0.2, 0.25) is 0 Å². The standard InChI is InChI=1S/C22H38N2O2/c1-14(24-23)19-6-7-20-18-5-4-15-12-22(25,13-26-3)11-9-16(15)17(18)8-10-21(19,20)2/h15-20,25H,4-13,23H2,1-3H3/b24-14+/t15-,16+,17-,18-,19-,20+,21-,22-/m1/s1. The zero-order valence-electron chi connectivity index (χ0n) is 16.9. The molecule has 0 aromatic heterocycles. The number of methoxy groups -OCH3 is 1. The van der Waals surface area contributed by atoms with Crippen LogP contribution in [0.15, 0.2) is 5.10 Å². The first kappa shape index (κ1) is 18.7. The largest absolute Gasteiger partial charge is 0.387 e. The van der Waals surface area contributed by atoms with Gasteiger partial charge in [0, 0.05) is 18.7 Å². The maximum Gasteiger partial charge on any atom is 0.0882 e. The number of nitrogens with two attached hydrogens (primary N) is 1. The van der Waals surface area contributed by atoms with Gasteiger partial charge < -0.3 is 15.7 Å². The molecular weight excluding hydrogens is 324 g/mol. The monoisotopic (exact) mass is 362 g/mol. The van der Waals surface area contributed by atoms with Gasteiger partial charge in [-0.1, -0.05) is 6.92 Å². The van der Waals surface area contributed by atoms with E-state index in [0.717, 1.165) is 36.5 Å². The molecule has 0 bridgehead atoms. The van der Waals surface area contributed by atoms with Gasteiger partial charge in [0.25, 0.3) is 0 Å². The molecule has 26 heavy (non-hydrogen) atoms. The van der Waals surface area contributed by atoms with Crippen molar-refractivity contribution >= 4 is 5.71 Å². The maximum absolute atomic E-state index is 10.9. The van der Waals surface area contributed by atoms with E-state index >= 15 is 0 Å². The van der Waals surface area contributed by atoms with Gasteiger partial charge in [-0.05, 0) is 99.7 Å². The molecule has 0 saturated heterocycles. The van der Waals surface area contributed by atoms with Crippen LogP contribution in [0.5, 0.6) is 0 Å². The van der Waals surface area contributed by atoms with E-state index in [1.807, 2.05) is 0 Å². The lowest BCUT2D eigenvalue weighted by Gasteiger charge is -2.57. The molecule has 0 aromatic carbocycles. The Kier molecular flexibility index (Phi) is 4.88. The van der Waals surface area contributed by atoms with Crippen LogP contribution in [0.4, 0.5) is 0 Å². The molecule has 0 unspecified atom stereocenters. The maximum atomic E-state index is 10.9. The highest BCUT2D eigenvalue weighted by atomic mass is 16.5. The second kappa shape index (κ2) is 6.77. The average Bonchev–Trinajstić information content (AvgIpc) is 2.98. The molecule has 8 atom stereocenters. The van der Waals surface area contributed by atoms with Gasteiger partial charge in [0.2, 0.25) is 0 Å². The minimum Gasteiger partial charge on any atom is -0.387 e. The van der Waals surface area contributed by atoms with Crippen molar-refractivity contribution in [1.82, 2.24) is 0 Å². The third kappa shape index (κ3) is 2.83. The Morgan fingerprint density at radius 2 is 1.85 bits per heavy atom. The van der Waals surface area contributed by atoms with Gasteiger partial charge >= 0.3 is 0 Å². The molecule has 0 heterocycles. The predicted molar refractivity (Wildman–Crippen MR) is 105 cm³/mol. The zero-order valence-corrected chi connectivity index (χ0v) is 16.9. The van der Waals surface area contributed by atoms with Gasteiger partial charge in [0.1, 0.15) is 0 Å². The number of hydrogen-bond donors (Lipinski definition) is 2. The third-order valence-corrected chi connectivity index (χ3v) is 9.22. The fraction of sp³-hybridized carbons (Fsp3) is 0.955. The van der Waals surface area contributed by atoms with Crippen LogP contribution < -0.4 is 5.84 Å². The number of aliphatic hydroxyl groups is 1. The molecule has 4 nitrogen and oxygen atoms in total. The lowest BCUT2D eigenvalue weighted by Crippen LogP contribution is -2.52. The molecule has 4 saturated carbocycles. The molecule has 0 radical (unpaired) electrons. The minimum absolute atomic E-state index is 0.409. The summed E-state index contributed by atoms with van der Waals surface area (Å²) in [7, 11) is 1.71. The summed E-state index contributed by atoms with van der Waals surface area (Å²) in [6.07, 6.45) is 11.1. The van der Waals surface area contributed by atoms with Gasteiger partial charge in [-0.2, -0.15) is 5.10 Å². The Bertz CT molecular complexity index is 564. The van der Waals surface area contributed by atoms with Crippen molar-refractivity contribution < 1.29 is 9.84 Å². The first-order chi connectivity index (χ1) is 12.4. The second-order valence-corrected chi connectivity index (χ2v) is 10.3. The summed E-state index contributed by atoms with van der Waals surface area (Å²) in [4.78, 5) is 0. The fourth-order valence-electron chi connectivity index (χ4n) is 8.14. The van der Waals surface area contributed by atoms with E-state index in [1.165, 1.54) is 50.7 Å². The molecule has 4 aliphatic carbocycles. The van der Waals surface area contributed by atoms with Crippen molar-refractivity contribution in [1.29, 1.82) is 0 Å². The molecular formula is C22H38N2O2. The van der Waals surface area contributed by atoms with Gasteiger partial charge in [-0.3, -0.25) is 0 Å².